The van der Waals surface area contributed by atoms with Crippen molar-refractivity contribution >= 4 is 18.4 Å². The van der Waals surface area contributed by atoms with Crippen LogP contribution in [0.1, 0.15) is 36.7 Å². The molecule has 0 amide bonds. The Labute approximate surface area is 145 Å². The van der Waals surface area contributed by atoms with E-state index in [1.165, 1.54) is 18.4 Å². The molecule has 1 aromatic heterocycles. The van der Waals surface area contributed by atoms with Gasteiger partial charge in [-0.3, -0.25) is 14.4 Å². The molecule has 1 atom stereocenters. The van der Waals surface area contributed by atoms with Crippen LogP contribution in [0.15, 0.2) is 0 Å². The van der Waals surface area contributed by atoms with Gasteiger partial charge >= 0.3 is 5.97 Å². The minimum Gasteiger partial charge on any atom is -0.465 e. The molecule has 132 valence electrons. The highest BCUT2D eigenvalue weighted by Gasteiger charge is 2.21. The molecular formula is C16H29ClN4O2. The third-order valence-corrected chi connectivity index (χ3v) is 4.41. The molecule has 1 fully saturated rings. The molecule has 0 aliphatic carbocycles. The van der Waals surface area contributed by atoms with Crippen LogP contribution in [0.4, 0.5) is 0 Å². The molecule has 0 spiro atoms. The van der Waals surface area contributed by atoms with Gasteiger partial charge < -0.3 is 10.1 Å². The van der Waals surface area contributed by atoms with E-state index in [9.17, 15) is 4.79 Å². The molecule has 2 rings (SSSR count). The standard InChI is InChI=1S/C16H28N4O2.ClH/c1-5-22-16(21)11-20-13(3)15(12(2)18-20)10-19-8-6-7-14(9-19)17-4;/h14,17H,5-11H2,1-4H3;1H. The number of ether oxygens (including phenoxy) is 1. The van der Waals surface area contributed by atoms with Gasteiger partial charge in [0.15, 0.2) is 0 Å². The molecule has 1 N–H and O–H groups in total. The number of carbonyl (C=O) groups excluding carboxylic acids is 1. The Morgan fingerprint density at radius 3 is 2.83 bits per heavy atom. The SMILES string of the molecule is CCOC(=O)Cn1nc(C)c(CN2CCCC(NC)C2)c1C.Cl. The first-order valence-corrected chi connectivity index (χ1v) is 8.13. The fourth-order valence-electron chi connectivity index (χ4n) is 3.10. The van der Waals surface area contributed by atoms with Gasteiger partial charge in [-0.2, -0.15) is 5.10 Å². The summed E-state index contributed by atoms with van der Waals surface area (Å²) in [5.74, 6) is -0.229. The molecule has 2 heterocycles. The number of aromatic nitrogens is 2. The smallest absolute Gasteiger partial charge is 0.327 e. The fraction of sp³-hybridized carbons (Fsp3) is 0.750. The summed E-state index contributed by atoms with van der Waals surface area (Å²) >= 11 is 0. The molecule has 1 aliphatic rings. The largest absolute Gasteiger partial charge is 0.465 e. The average molecular weight is 345 g/mol. The van der Waals surface area contributed by atoms with Crippen molar-refractivity contribution in [2.45, 2.75) is 52.7 Å². The second-order valence-corrected chi connectivity index (χ2v) is 5.97. The first-order chi connectivity index (χ1) is 10.5. The number of nitrogens with one attached hydrogen (secondary N) is 1. The number of piperidine rings is 1. The van der Waals surface area contributed by atoms with Crippen LogP contribution in [0.5, 0.6) is 0 Å². The Hall–Kier alpha value is -1.11. The molecule has 0 aromatic carbocycles. The van der Waals surface area contributed by atoms with Crippen LogP contribution in [0.3, 0.4) is 0 Å². The summed E-state index contributed by atoms with van der Waals surface area (Å²) < 4.78 is 6.78. The van der Waals surface area contributed by atoms with Crippen molar-refractivity contribution in [3.05, 3.63) is 17.0 Å². The van der Waals surface area contributed by atoms with Crippen LogP contribution in [0.25, 0.3) is 0 Å². The number of esters is 1. The molecular weight excluding hydrogens is 316 g/mol. The zero-order valence-electron chi connectivity index (χ0n) is 14.6. The summed E-state index contributed by atoms with van der Waals surface area (Å²) in [6.07, 6.45) is 2.47. The lowest BCUT2D eigenvalue weighted by atomic mass is 10.0. The van der Waals surface area contributed by atoms with Gasteiger partial charge in [0, 0.05) is 30.4 Å². The predicted molar refractivity (Wildman–Crippen MR) is 92.9 cm³/mol. The summed E-state index contributed by atoms with van der Waals surface area (Å²) in [5.41, 5.74) is 3.31. The number of aryl methyl sites for hydroxylation is 1. The molecule has 23 heavy (non-hydrogen) atoms. The Kier molecular flexibility index (Phi) is 8.02. The van der Waals surface area contributed by atoms with E-state index in [-0.39, 0.29) is 24.9 Å². The van der Waals surface area contributed by atoms with Gasteiger partial charge in [-0.15, -0.1) is 12.4 Å². The van der Waals surface area contributed by atoms with Gasteiger partial charge in [0.1, 0.15) is 6.54 Å². The Bertz CT molecular complexity index is 518. The molecule has 6 nitrogen and oxygen atoms in total. The van der Waals surface area contributed by atoms with Crippen molar-refractivity contribution < 1.29 is 9.53 Å². The van der Waals surface area contributed by atoms with Gasteiger partial charge in [0.25, 0.3) is 0 Å². The average Bonchev–Trinajstić information content (AvgIpc) is 2.75. The highest BCUT2D eigenvalue weighted by molar-refractivity contribution is 5.85. The van der Waals surface area contributed by atoms with E-state index in [0.717, 1.165) is 31.0 Å². The molecule has 1 aliphatic heterocycles. The molecule has 7 heteroatoms. The van der Waals surface area contributed by atoms with E-state index >= 15 is 0 Å². The number of likely N-dealkylation sites (N-methyl/N-ethyl adjacent to an activating group) is 1. The van der Waals surface area contributed by atoms with Gasteiger partial charge in [-0.25, -0.2) is 0 Å². The minimum absolute atomic E-state index is 0. The van der Waals surface area contributed by atoms with Crippen LogP contribution in [0, 0.1) is 13.8 Å². The Morgan fingerprint density at radius 1 is 1.43 bits per heavy atom. The lowest BCUT2D eigenvalue weighted by Crippen LogP contribution is -2.44. The van der Waals surface area contributed by atoms with E-state index in [4.69, 9.17) is 4.74 Å². The van der Waals surface area contributed by atoms with Gasteiger partial charge in [-0.1, -0.05) is 0 Å². The fourth-order valence-corrected chi connectivity index (χ4v) is 3.10. The molecule has 0 bridgehead atoms. The second kappa shape index (κ2) is 9.25. The number of hydrogen-bond acceptors (Lipinski definition) is 5. The lowest BCUT2D eigenvalue weighted by molar-refractivity contribution is -0.144. The van der Waals surface area contributed by atoms with Gasteiger partial charge in [0.05, 0.1) is 12.3 Å². The Morgan fingerprint density at radius 2 is 2.17 bits per heavy atom. The summed E-state index contributed by atoms with van der Waals surface area (Å²) in [7, 11) is 2.03. The highest BCUT2D eigenvalue weighted by atomic mass is 35.5. The number of halogens is 1. The highest BCUT2D eigenvalue weighted by Crippen LogP contribution is 2.19. The van der Waals surface area contributed by atoms with Crippen molar-refractivity contribution in [2.75, 3.05) is 26.7 Å². The predicted octanol–water partition coefficient (Wildman–Crippen LogP) is 1.67. The van der Waals surface area contributed by atoms with Crippen LogP contribution < -0.4 is 5.32 Å². The molecule has 1 aromatic rings. The van der Waals surface area contributed by atoms with Gasteiger partial charge in [-0.05, 0) is 47.2 Å². The normalized spacial score (nSPS) is 18.5. The quantitative estimate of drug-likeness (QED) is 0.795. The topological polar surface area (TPSA) is 59.4 Å². The van der Waals surface area contributed by atoms with Gasteiger partial charge in [0.2, 0.25) is 0 Å². The van der Waals surface area contributed by atoms with Crippen molar-refractivity contribution in [1.29, 1.82) is 0 Å². The van der Waals surface area contributed by atoms with Crippen molar-refractivity contribution in [1.82, 2.24) is 20.0 Å². The number of likely N-dealkylation sites (tertiary alicyclic amines) is 1. The summed E-state index contributed by atoms with van der Waals surface area (Å²) in [5, 5.41) is 7.88. The van der Waals surface area contributed by atoms with E-state index in [2.05, 4.69) is 15.3 Å². The molecule has 0 radical (unpaired) electrons. The number of nitrogens with zero attached hydrogens (tertiary/aromatic N) is 3. The van der Waals surface area contributed by atoms with Crippen LogP contribution in [-0.2, 0) is 22.6 Å². The van der Waals surface area contributed by atoms with E-state index in [1.807, 2.05) is 27.8 Å². The monoisotopic (exact) mass is 344 g/mol. The first-order valence-electron chi connectivity index (χ1n) is 8.13. The zero-order valence-corrected chi connectivity index (χ0v) is 15.4. The maximum Gasteiger partial charge on any atom is 0.327 e. The second-order valence-electron chi connectivity index (χ2n) is 5.97. The summed E-state index contributed by atoms with van der Waals surface area (Å²) in [6.45, 7) is 9.57. The van der Waals surface area contributed by atoms with E-state index < -0.39 is 0 Å². The zero-order chi connectivity index (χ0) is 16.1. The number of hydrogen-bond donors (Lipinski definition) is 1. The van der Waals surface area contributed by atoms with Crippen LogP contribution in [0.2, 0.25) is 0 Å². The minimum atomic E-state index is -0.229. The van der Waals surface area contributed by atoms with E-state index in [1.54, 1.807) is 4.68 Å². The van der Waals surface area contributed by atoms with Crippen LogP contribution in [-0.4, -0.2) is 53.4 Å². The summed E-state index contributed by atoms with van der Waals surface area (Å²) in [6, 6.07) is 0.573. The van der Waals surface area contributed by atoms with Crippen molar-refractivity contribution in [3.8, 4) is 0 Å². The maximum absolute atomic E-state index is 11.7. The lowest BCUT2D eigenvalue weighted by Gasteiger charge is -2.32. The molecule has 1 unspecified atom stereocenters. The van der Waals surface area contributed by atoms with Crippen molar-refractivity contribution in [3.63, 3.8) is 0 Å². The van der Waals surface area contributed by atoms with Crippen molar-refractivity contribution in [2.24, 2.45) is 0 Å². The third kappa shape index (κ3) is 5.19. The number of carbonyl (C=O) groups is 1. The Balaban J connectivity index is 0.00000264. The van der Waals surface area contributed by atoms with E-state index in [0.29, 0.717) is 12.6 Å². The molecule has 1 saturated heterocycles. The third-order valence-electron chi connectivity index (χ3n) is 4.41. The number of rotatable bonds is 6. The molecule has 0 saturated carbocycles. The first kappa shape index (κ1) is 19.9. The summed E-state index contributed by atoms with van der Waals surface area (Å²) in [4.78, 5) is 14.1. The maximum atomic E-state index is 11.7. The van der Waals surface area contributed by atoms with Crippen LogP contribution >= 0.6 is 12.4 Å².